The van der Waals surface area contributed by atoms with Crippen LogP contribution in [0.5, 0.6) is 5.75 Å². The standard InChI is InChI=1S/C11H10BrClF2O3/c1-17-9(16)4-6-2-8(18-11(14)15)3-7(5-12)10(6)13/h2-3,11H,4-5H2,1H3. The summed E-state index contributed by atoms with van der Waals surface area (Å²) in [5, 5.41) is 0.694. The van der Waals surface area contributed by atoms with Gasteiger partial charge in [0, 0.05) is 10.4 Å². The molecule has 0 N–H and O–H groups in total. The van der Waals surface area contributed by atoms with Gasteiger partial charge in [-0.2, -0.15) is 8.78 Å². The predicted molar refractivity (Wildman–Crippen MR) is 66.4 cm³/mol. The third kappa shape index (κ3) is 4.10. The van der Waals surface area contributed by atoms with Crippen LogP contribution in [0.25, 0.3) is 0 Å². The maximum atomic E-state index is 12.2. The predicted octanol–water partition coefficient (Wildman–Crippen LogP) is 3.55. The zero-order chi connectivity index (χ0) is 13.7. The summed E-state index contributed by atoms with van der Waals surface area (Å²) in [5.41, 5.74) is 0.949. The van der Waals surface area contributed by atoms with Crippen molar-refractivity contribution in [1.82, 2.24) is 0 Å². The molecule has 18 heavy (non-hydrogen) atoms. The van der Waals surface area contributed by atoms with Gasteiger partial charge >= 0.3 is 12.6 Å². The van der Waals surface area contributed by atoms with Crippen LogP contribution < -0.4 is 4.74 Å². The van der Waals surface area contributed by atoms with Crippen molar-refractivity contribution in [3.05, 3.63) is 28.3 Å². The third-order valence-corrected chi connectivity index (χ3v) is 3.22. The lowest BCUT2D eigenvalue weighted by Gasteiger charge is -2.11. The molecule has 0 aliphatic rings. The van der Waals surface area contributed by atoms with Crippen molar-refractivity contribution in [3.63, 3.8) is 0 Å². The minimum Gasteiger partial charge on any atom is -0.469 e. The Balaban J connectivity index is 3.10. The van der Waals surface area contributed by atoms with Gasteiger partial charge in [-0.15, -0.1) is 0 Å². The molecule has 3 nitrogen and oxygen atoms in total. The van der Waals surface area contributed by atoms with Crippen molar-refractivity contribution in [2.75, 3.05) is 7.11 Å². The highest BCUT2D eigenvalue weighted by molar-refractivity contribution is 9.08. The number of carbonyl (C=O) groups is 1. The number of alkyl halides is 3. The minimum atomic E-state index is -2.93. The zero-order valence-corrected chi connectivity index (χ0v) is 11.7. The molecule has 0 fully saturated rings. The molecule has 1 rings (SSSR count). The average Bonchev–Trinajstić information content (AvgIpc) is 2.32. The van der Waals surface area contributed by atoms with E-state index in [-0.39, 0.29) is 12.2 Å². The molecule has 0 heterocycles. The summed E-state index contributed by atoms with van der Waals surface area (Å²) in [6, 6.07) is 2.70. The molecular weight excluding hydrogens is 333 g/mol. The summed E-state index contributed by atoms with van der Waals surface area (Å²) < 4.78 is 33.1. The second-order valence-corrected chi connectivity index (χ2v) is 4.26. The van der Waals surface area contributed by atoms with Gasteiger partial charge in [0.15, 0.2) is 0 Å². The SMILES string of the molecule is COC(=O)Cc1cc(OC(F)F)cc(CBr)c1Cl. The van der Waals surface area contributed by atoms with E-state index in [0.717, 1.165) is 0 Å². The van der Waals surface area contributed by atoms with Crippen LogP contribution in [0.1, 0.15) is 11.1 Å². The monoisotopic (exact) mass is 342 g/mol. The summed E-state index contributed by atoms with van der Waals surface area (Å²) in [5.74, 6) is -0.547. The van der Waals surface area contributed by atoms with Gasteiger partial charge in [-0.25, -0.2) is 0 Å². The molecule has 100 valence electrons. The van der Waals surface area contributed by atoms with Crippen molar-refractivity contribution in [2.45, 2.75) is 18.4 Å². The highest BCUT2D eigenvalue weighted by Gasteiger charge is 2.14. The second kappa shape index (κ2) is 6.89. The van der Waals surface area contributed by atoms with Gasteiger partial charge in [0.05, 0.1) is 13.5 Å². The van der Waals surface area contributed by atoms with Gasteiger partial charge in [-0.3, -0.25) is 4.79 Å². The summed E-state index contributed by atoms with van der Waals surface area (Å²) in [4.78, 5) is 11.2. The normalized spacial score (nSPS) is 10.6. The number of rotatable bonds is 5. The summed E-state index contributed by atoms with van der Waals surface area (Å²) in [7, 11) is 1.24. The van der Waals surface area contributed by atoms with Crippen LogP contribution in [0.2, 0.25) is 5.02 Å². The highest BCUT2D eigenvalue weighted by atomic mass is 79.9. The molecule has 0 radical (unpaired) electrons. The van der Waals surface area contributed by atoms with Crippen molar-refractivity contribution < 1.29 is 23.0 Å². The number of ether oxygens (including phenoxy) is 2. The number of carbonyl (C=O) groups excluding carboxylic acids is 1. The number of esters is 1. The largest absolute Gasteiger partial charge is 0.469 e. The molecule has 0 amide bonds. The van der Waals surface area contributed by atoms with E-state index < -0.39 is 12.6 Å². The lowest BCUT2D eigenvalue weighted by molar-refractivity contribution is -0.139. The van der Waals surface area contributed by atoms with E-state index in [1.807, 2.05) is 0 Å². The summed E-state index contributed by atoms with van der Waals surface area (Å²) in [6.07, 6.45) is -0.101. The molecule has 0 spiro atoms. The Hall–Kier alpha value is -0.880. The highest BCUT2D eigenvalue weighted by Crippen LogP contribution is 2.30. The van der Waals surface area contributed by atoms with Crippen LogP contribution in [-0.2, 0) is 21.3 Å². The first kappa shape index (κ1) is 15.2. The first-order chi connectivity index (χ1) is 8.47. The molecule has 1 aromatic carbocycles. The number of hydrogen-bond acceptors (Lipinski definition) is 3. The Morgan fingerprint density at radius 1 is 1.44 bits per heavy atom. The van der Waals surface area contributed by atoms with Crippen molar-refractivity contribution >= 4 is 33.5 Å². The van der Waals surface area contributed by atoms with Crippen molar-refractivity contribution in [2.24, 2.45) is 0 Å². The molecule has 0 aliphatic carbocycles. The molecule has 7 heteroatoms. The maximum absolute atomic E-state index is 12.2. The van der Waals surface area contributed by atoms with Gasteiger partial charge in [0.1, 0.15) is 5.75 Å². The van der Waals surface area contributed by atoms with E-state index in [1.165, 1.54) is 19.2 Å². The fourth-order valence-electron chi connectivity index (χ4n) is 1.34. The Morgan fingerprint density at radius 3 is 2.56 bits per heavy atom. The zero-order valence-electron chi connectivity index (χ0n) is 9.38. The van der Waals surface area contributed by atoms with Gasteiger partial charge in [0.25, 0.3) is 0 Å². The molecular formula is C11H10BrClF2O3. The average molecular weight is 344 g/mol. The van der Waals surface area contributed by atoms with E-state index in [1.54, 1.807) is 0 Å². The van der Waals surface area contributed by atoms with Gasteiger partial charge in [-0.1, -0.05) is 27.5 Å². The van der Waals surface area contributed by atoms with Crippen LogP contribution in [0, 0.1) is 0 Å². The number of halogens is 4. The Morgan fingerprint density at radius 2 is 2.06 bits per heavy atom. The molecule has 0 unspecified atom stereocenters. The summed E-state index contributed by atoms with van der Waals surface area (Å²) >= 11 is 9.22. The summed E-state index contributed by atoms with van der Waals surface area (Å²) in [6.45, 7) is -2.93. The molecule has 0 bridgehead atoms. The first-order valence-corrected chi connectivity index (χ1v) is 6.36. The van der Waals surface area contributed by atoms with E-state index in [0.29, 0.717) is 21.5 Å². The molecule has 0 aliphatic heterocycles. The van der Waals surface area contributed by atoms with E-state index >= 15 is 0 Å². The molecule has 0 saturated heterocycles. The van der Waals surface area contributed by atoms with Gasteiger partial charge in [-0.05, 0) is 23.3 Å². The van der Waals surface area contributed by atoms with E-state index in [2.05, 4.69) is 25.4 Å². The fourth-order valence-corrected chi connectivity index (χ4v) is 2.19. The molecule has 0 saturated carbocycles. The van der Waals surface area contributed by atoms with Gasteiger partial charge < -0.3 is 9.47 Å². The minimum absolute atomic E-state index is 0.0391. The number of hydrogen-bond donors (Lipinski definition) is 0. The molecule has 0 aromatic heterocycles. The van der Waals surface area contributed by atoms with Crippen molar-refractivity contribution in [1.29, 1.82) is 0 Å². The van der Waals surface area contributed by atoms with Crippen LogP contribution in [-0.4, -0.2) is 19.7 Å². The number of methoxy groups -OCH3 is 1. The third-order valence-electron chi connectivity index (χ3n) is 2.13. The molecule has 1 aromatic rings. The van der Waals surface area contributed by atoms with Crippen LogP contribution in [0.4, 0.5) is 8.78 Å². The fraction of sp³-hybridized carbons (Fsp3) is 0.364. The smallest absolute Gasteiger partial charge is 0.387 e. The first-order valence-electron chi connectivity index (χ1n) is 4.86. The Kier molecular flexibility index (Phi) is 5.81. The van der Waals surface area contributed by atoms with Crippen LogP contribution in [0.3, 0.4) is 0 Å². The van der Waals surface area contributed by atoms with E-state index in [4.69, 9.17) is 11.6 Å². The van der Waals surface area contributed by atoms with Crippen LogP contribution >= 0.6 is 27.5 Å². The Bertz CT molecular complexity index is 441. The lowest BCUT2D eigenvalue weighted by atomic mass is 10.1. The maximum Gasteiger partial charge on any atom is 0.387 e. The second-order valence-electron chi connectivity index (χ2n) is 3.32. The topological polar surface area (TPSA) is 35.5 Å². The quantitative estimate of drug-likeness (QED) is 0.606. The van der Waals surface area contributed by atoms with Crippen molar-refractivity contribution in [3.8, 4) is 5.75 Å². The number of benzene rings is 1. The van der Waals surface area contributed by atoms with E-state index in [9.17, 15) is 13.6 Å². The van der Waals surface area contributed by atoms with Gasteiger partial charge in [0.2, 0.25) is 0 Å². The Labute approximate surface area is 116 Å². The molecule has 0 atom stereocenters. The van der Waals surface area contributed by atoms with Crippen LogP contribution in [0.15, 0.2) is 12.1 Å². The lowest BCUT2D eigenvalue weighted by Crippen LogP contribution is -2.08.